The first kappa shape index (κ1) is 20.2. The van der Waals surface area contributed by atoms with E-state index in [1.165, 1.54) is 11.0 Å². The zero-order valence-corrected chi connectivity index (χ0v) is 16.0. The number of carbonyl (C=O) groups is 2. The van der Waals surface area contributed by atoms with Crippen molar-refractivity contribution in [1.82, 2.24) is 14.9 Å². The second-order valence-corrected chi connectivity index (χ2v) is 9.04. The Hall–Kier alpha value is -2.13. The summed E-state index contributed by atoms with van der Waals surface area (Å²) in [6.45, 7) is 5.82. The van der Waals surface area contributed by atoms with Crippen molar-refractivity contribution < 1.29 is 23.1 Å². The predicted octanol–water partition coefficient (Wildman–Crippen LogP) is 1.38. The molecule has 0 spiro atoms. The maximum atomic E-state index is 12.6. The Morgan fingerprint density at radius 2 is 1.92 bits per heavy atom. The van der Waals surface area contributed by atoms with Crippen LogP contribution in [0.1, 0.15) is 32.8 Å². The van der Waals surface area contributed by atoms with Crippen molar-refractivity contribution in [2.24, 2.45) is 5.92 Å². The standard InChI is InChI=1S/C17H25N3O5S/c1-17(2,3)19-26(24,25)14-7-5-4-6-12(14)10-18-16(23)20-9-8-13(11-20)15(21)22/h4-7,13,19H,8-11H2,1-3H3,(H,18,23)(H,21,22). The molecule has 26 heavy (non-hydrogen) atoms. The Labute approximate surface area is 153 Å². The number of aliphatic carboxylic acids is 1. The smallest absolute Gasteiger partial charge is 0.317 e. The lowest BCUT2D eigenvalue weighted by molar-refractivity contribution is -0.141. The van der Waals surface area contributed by atoms with Gasteiger partial charge in [-0.3, -0.25) is 4.79 Å². The quantitative estimate of drug-likeness (QED) is 0.710. The summed E-state index contributed by atoms with van der Waals surface area (Å²) >= 11 is 0. The van der Waals surface area contributed by atoms with Gasteiger partial charge in [0.25, 0.3) is 0 Å². The van der Waals surface area contributed by atoms with E-state index in [9.17, 15) is 18.0 Å². The number of carboxylic acids is 1. The minimum absolute atomic E-state index is 0.0360. The maximum Gasteiger partial charge on any atom is 0.317 e. The van der Waals surface area contributed by atoms with Crippen LogP contribution in [0, 0.1) is 5.92 Å². The lowest BCUT2D eigenvalue weighted by Gasteiger charge is -2.22. The summed E-state index contributed by atoms with van der Waals surface area (Å²) in [5.41, 5.74) is -0.164. The van der Waals surface area contributed by atoms with Gasteiger partial charge in [0.2, 0.25) is 10.0 Å². The number of nitrogens with one attached hydrogen (secondary N) is 2. The number of carboxylic acid groups (broad SMARTS) is 1. The molecule has 1 unspecified atom stereocenters. The van der Waals surface area contributed by atoms with Crippen molar-refractivity contribution in [1.29, 1.82) is 0 Å². The lowest BCUT2D eigenvalue weighted by Crippen LogP contribution is -2.41. The molecule has 1 aromatic rings. The first-order chi connectivity index (χ1) is 12.0. The van der Waals surface area contributed by atoms with Crippen LogP contribution in [0.3, 0.4) is 0 Å². The number of benzene rings is 1. The average molecular weight is 383 g/mol. The molecule has 0 aromatic heterocycles. The summed E-state index contributed by atoms with van der Waals surface area (Å²) < 4.78 is 27.8. The van der Waals surface area contributed by atoms with E-state index in [1.54, 1.807) is 39.0 Å². The topological polar surface area (TPSA) is 116 Å². The van der Waals surface area contributed by atoms with Crippen molar-refractivity contribution in [3.8, 4) is 0 Å². The number of carbonyl (C=O) groups excluding carboxylic acids is 1. The molecule has 1 saturated heterocycles. The lowest BCUT2D eigenvalue weighted by atomic mass is 10.1. The Kier molecular flexibility index (Phi) is 5.92. The van der Waals surface area contributed by atoms with Gasteiger partial charge in [0, 0.05) is 25.2 Å². The molecule has 0 saturated carbocycles. The van der Waals surface area contributed by atoms with Gasteiger partial charge in [0.1, 0.15) is 0 Å². The molecule has 1 heterocycles. The molecule has 1 fully saturated rings. The molecule has 3 N–H and O–H groups in total. The number of urea groups is 1. The van der Waals surface area contributed by atoms with Gasteiger partial charge in [-0.1, -0.05) is 18.2 Å². The Bertz CT molecular complexity index is 786. The molecule has 0 radical (unpaired) electrons. The van der Waals surface area contributed by atoms with Gasteiger partial charge in [-0.05, 0) is 38.8 Å². The van der Waals surface area contributed by atoms with Crippen LogP contribution in [-0.4, -0.2) is 49.1 Å². The van der Waals surface area contributed by atoms with E-state index in [1.807, 2.05) is 0 Å². The minimum Gasteiger partial charge on any atom is -0.481 e. The van der Waals surface area contributed by atoms with Crippen molar-refractivity contribution >= 4 is 22.0 Å². The molecule has 2 rings (SSSR count). The van der Waals surface area contributed by atoms with Crippen LogP contribution in [0.5, 0.6) is 0 Å². The van der Waals surface area contributed by atoms with Crippen LogP contribution in [0.2, 0.25) is 0 Å². The Morgan fingerprint density at radius 3 is 2.50 bits per heavy atom. The second kappa shape index (κ2) is 7.63. The fourth-order valence-corrected chi connectivity index (χ4v) is 4.46. The maximum absolute atomic E-state index is 12.6. The van der Waals surface area contributed by atoms with Crippen LogP contribution < -0.4 is 10.0 Å². The van der Waals surface area contributed by atoms with E-state index >= 15 is 0 Å². The number of amides is 2. The van der Waals surface area contributed by atoms with Gasteiger partial charge in [-0.25, -0.2) is 17.9 Å². The number of likely N-dealkylation sites (tertiary alicyclic amines) is 1. The fourth-order valence-electron chi connectivity index (χ4n) is 2.80. The molecular formula is C17H25N3O5S. The number of sulfonamides is 1. The summed E-state index contributed by atoms with van der Waals surface area (Å²) in [6.07, 6.45) is 0.420. The molecule has 1 aromatic carbocycles. The van der Waals surface area contributed by atoms with Gasteiger partial charge in [0.05, 0.1) is 10.8 Å². The Morgan fingerprint density at radius 1 is 1.27 bits per heavy atom. The zero-order valence-electron chi connectivity index (χ0n) is 15.2. The van der Waals surface area contributed by atoms with E-state index in [0.29, 0.717) is 18.5 Å². The van der Waals surface area contributed by atoms with Crippen LogP contribution in [0.15, 0.2) is 29.2 Å². The van der Waals surface area contributed by atoms with Crippen molar-refractivity contribution in [3.05, 3.63) is 29.8 Å². The average Bonchev–Trinajstić information content (AvgIpc) is 3.01. The first-order valence-corrected chi connectivity index (χ1v) is 9.85. The minimum atomic E-state index is -3.73. The first-order valence-electron chi connectivity index (χ1n) is 8.37. The largest absolute Gasteiger partial charge is 0.481 e. The summed E-state index contributed by atoms with van der Waals surface area (Å²) in [6, 6.07) is 6.06. The van der Waals surface area contributed by atoms with Crippen molar-refractivity contribution in [3.63, 3.8) is 0 Å². The van der Waals surface area contributed by atoms with Gasteiger partial charge >= 0.3 is 12.0 Å². The van der Waals surface area contributed by atoms with Crippen LogP contribution in [0.25, 0.3) is 0 Å². The molecule has 1 aliphatic rings. The van der Waals surface area contributed by atoms with E-state index in [4.69, 9.17) is 5.11 Å². The van der Waals surface area contributed by atoms with Gasteiger partial charge in [-0.15, -0.1) is 0 Å². The molecule has 9 heteroatoms. The highest BCUT2D eigenvalue weighted by Gasteiger charge is 2.31. The number of nitrogens with zero attached hydrogens (tertiary/aromatic N) is 1. The number of hydrogen-bond donors (Lipinski definition) is 3. The van der Waals surface area contributed by atoms with Crippen LogP contribution in [-0.2, 0) is 21.4 Å². The highest BCUT2D eigenvalue weighted by atomic mass is 32.2. The fraction of sp³-hybridized carbons (Fsp3) is 0.529. The highest BCUT2D eigenvalue weighted by molar-refractivity contribution is 7.89. The van der Waals surface area contributed by atoms with Crippen LogP contribution >= 0.6 is 0 Å². The molecule has 8 nitrogen and oxygen atoms in total. The zero-order chi connectivity index (χ0) is 19.5. The summed E-state index contributed by atoms with van der Waals surface area (Å²) in [5, 5.41) is 11.7. The SMILES string of the molecule is CC(C)(C)NS(=O)(=O)c1ccccc1CNC(=O)N1CCC(C(=O)O)C1. The van der Waals surface area contributed by atoms with Crippen molar-refractivity contribution in [2.45, 2.75) is 44.2 Å². The summed E-state index contributed by atoms with van der Waals surface area (Å²) in [4.78, 5) is 24.8. The molecule has 0 aliphatic carbocycles. The van der Waals surface area contributed by atoms with Crippen molar-refractivity contribution in [2.75, 3.05) is 13.1 Å². The monoisotopic (exact) mass is 383 g/mol. The number of hydrogen-bond acceptors (Lipinski definition) is 4. The Balaban J connectivity index is 2.07. The normalized spacial score (nSPS) is 18.0. The predicted molar refractivity (Wildman–Crippen MR) is 96.1 cm³/mol. The van der Waals surface area contributed by atoms with E-state index < -0.39 is 33.5 Å². The highest BCUT2D eigenvalue weighted by Crippen LogP contribution is 2.19. The van der Waals surface area contributed by atoms with Gasteiger partial charge in [0.15, 0.2) is 0 Å². The summed E-state index contributed by atoms with van der Waals surface area (Å²) in [7, 11) is -3.73. The third-order valence-electron chi connectivity index (χ3n) is 3.96. The molecule has 1 aliphatic heterocycles. The van der Waals surface area contributed by atoms with E-state index in [-0.39, 0.29) is 18.0 Å². The van der Waals surface area contributed by atoms with Gasteiger partial charge in [-0.2, -0.15) is 0 Å². The molecule has 0 bridgehead atoms. The van der Waals surface area contributed by atoms with E-state index in [2.05, 4.69) is 10.0 Å². The van der Waals surface area contributed by atoms with Gasteiger partial charge < -0.3 is 15.3 Å². The molecule has 144 valence electrons. The van der Waals surface area contributed by atoms with E-state index in [0.717, 1.165) is 0 Å². The summed E-state index contributed by atoms with van der Waals surface area (Å²) in [5.74, 6) is -1.46. The second-order valence-electron chi connectivity index (χ2n) is 7.39. The molecule has 1 atom stereocenters. The third-order valence-corrected chi connectivity index (χ3v) is 5.82. The molecule has 2 amide bonds. The third kappa shape index (κ3) is 5.18. The molecular weight excluding hydrogens is 358 g/mol. The number of rotatable bonds is 5. The van der Waals surface area contributed by atoms with Crippen LogP contribution in [0.4, 0.5) is 4.79 Å².